The van der Waals surface area contributed by atoms with Gasteiger partial charge in [-0.2, -0.15) is 0 Å². The molecule has 5 nitrogen and oxygen atoms in total. The topological polar surface area (TPSA) is 68.6 Å². The summed E-state index contributed by atoms with van der Waals surface area (Å²) in [5.41, 5.74) is 6.94. The molecule has 0 amide bonds. The number of allylic oxidation sites excluding steroid dienone is 7. The Balaban J connectivity index is 2.04. The van der Waals surface area contributed by atoms with Crippen LogP contribution in [-0.2, 0) is 6.54 Å². The van der Waals surface area contributed by atoms with Crippen molar-refractivity contribution in [3.05, 3.63) is 78.4 Å². The van der Waals surface area contributed by atoms with E-state index in [4.69, 9.17) is 17.3 Å². The fourth-order valence-corrected chi connectivity index (χ4v) is 2.76. The summed E-state index contributed by atoms with van der Waals surface area (Å²) in [6.45, 7) is 7.56. The highest BCUT2D eigenvalue weighted by Gasteiger charge is 2.15. The third-order valence-electron chi connectivity index (χ3n) is 4.00. The number of nitrogens with zero attached hydrogens (tertiary/aromatic N) is 4. The van der Waals surface area contributed by atoms with Crippen molar-refractivity contribution < 1.29 is 0 Å². The zero-order valence-electron chi connectivity index (χ0n) is 15.6. The number of amidine groups is 2. The van der Waals surface area contributed by atoms with E-state index in [1.54, 1.807) is 12.5 Å². The lowest BCUT2D eigenvalue weighted by Gasteiger charge is -2.16. The monoisotopic (exact) mass is 383 g/mol. The summed E-state index contributed by atoms with van der Waals surface area (Å²) in [7, 11) is 0. The average molecular weight is 384 g/mol. The molecule has 27 heavy (non-hydrogen) atoms. The Morgan fingerprint density at radius 1 is 1.48 bits per heavy atom. The molecule has 1 aliphatic rings. The Labute approximate surface area is 166 Å². The molecule has 0 aromatic carbocycles. The Kier molecular flexibility index (Phi) is 8.52. The highest BCUT2D eigenvalue weighted by atomic mass is 35.5. The van der Waals surface area contributed by atoms with Crippen LogP contribution >= 0.6 is 11.6 Å². The lowest BCUT2D eigenvalue weighted by molar-refractivity contribution is 0.651. The van der Waals surface area contributed by atoms with Crippen molar-refractivity contribution in [3.8, 4) is 0 Å². The number of hydrogen-bond donors (Lipinski definition) is 1. The van der Waals surface area contributed by atoms with Gasteiger partial charge >= 0.3 is 0 Å². The molecule has 1 atom stereocenters. The van der Waals surface area contributed by atoms with E-state index >= 15 is 0 Å². The van der Waals surface area contributed by atoms with E-state index < -0.39 is 0 Å². The van der Waals surface area contributed by atoms with Crippen molar-refractivity contribution in [2.75, 3.05) is 6.54 Å². The zero-order chi connectivity index (χ0) is 19.5. The first-order valence-corrected chi connectivity index (χ1v) is 9.34. The van der Waals surface area contributed by atoms with Crippen LogP contribution in [0, 0.1) is 5.92 Å². The van der Waals surface area contributed by atoms with Crippen molar-refractivity contribution in [2.45, 2.75) is 26.3 Å². The largest absolute Gasteiger partial charge is 0.383 e. The molecule has 0 aliphatic heterocycles. The molecule has 0 spiro atoms. The first-order chi connectivity index (χ1) is 13.1. The lowest BCUT2D eigenvalue weighted by Crippen LogP contribution is -2.21. The van der Waals surface area contributed by atoms with E-state index in [0.29, 0.717) is 23.2 Å². The van der Waals surface area contributed by atoms with Crippen LogP contribution in [0.2, 0.25) is 0 Å². The highest BCUT2D eigenvalue weighted by Crippen LogP contribution is 2.24. The maximum Gasteiger partial charge on any atom is 0.149 e. The third kappa shape index (κ3) is 7.23. The summed E-state index contributed by atoms with van der Waals surface area (Å²) < 4.78 is 2.02. The van der Waals surface area contributed by atoms with Crippen LogP contribution in [0.15, 0.2) is 88.4 Å². The summed E-state index contributed by atoms with van der Waals surface area (Å²) in [6.07, 6.45) is 20.7. The molecule has 0 radical (unpaired) electrons. The van der Waals surface area contributed by atoms with Crippen LogP contribution in [0.25, 0.3) is 0 Å². The maximum absolute atomic E-state index is 6.19. The number of nitrogens with two attached hydrogens (primary N) is 1. The second-order valence-electron chi connectivity index (χ2n) is 6.10. The minimum atomic E-state index is 0.0632. The molecule has 142 valence electrons. The van der Waals surface area contributed by atoms with Crippen molar-refractivity contribution >= 4 is 23.3 Å². The van der Waals surface area contributed by atoms with Gasteiger partial charge in [0.25, 0.3) is 0 Å². The third-order valence-corrected chi connectivity index (χ3v) is 4.25. The summed E-state index contributed by atoms with van der Waals surface area (Å²) in [4.78, 5) is 13.1. The van der Waals surface area contributed by atoms with Crippen LogP contribution < -0.4 is 5.73 Å². The molecule has 0 saturated heterocycles. The van der Waals surface area contributed by atoms with Gasteiger partial charge in [0, 0.05) is 36.4 Å². The van der Waals surface area contributed by atoms with Gasteiger partial charge in [-0.05, 0) is 37.5 Å². The van der Waals surface area contributed by atoms with Crippen molar-refractivity contribution in [2.24, 2.45) is 21.6 Å². The number of halogens is 1. The van der Waals surface area contributed by atoms with Crippen LogP contribution in [0.3, 0.4) is 0 Å². The Hall–Kier alpha value is -2.66. The minimum absolute atomic E-state index is 0.0632. The van der Waals surface area contributed by atoms with E-state index in [1.807, 2.05) is 60.2 Å². The Bertz CT molecular complexity index is 795. The normalized spacial score (nSPS) is 18.4. The summed E-state index contributed by atoms with van der Waals surface area (Å²) in [5, 5.41) is 0.696. The smallest absolute Gasteiger partial charge is 0.149 e. The molecule has 1 aliphatic carbocycles. The van der Waals surface area contributed by atoms with Crippen molar-refractivity contribution in [1.82, 2.24) is 9.55 Å². The number of aliphatic imine (C=N–C) groups is 2. The van der Waals surface area contributed by atoms with E-state index in [2.05, 4.69) is 21.5 Å². The standard InChI is InChI=1S/C21H26ClN5/c1-3-4-5-10-20(25-11-7-13-27-14-12-24-16-27)26-21(23)17(2)18-8-6-9-19(22)15-18/h3-6,9-10,12,14-16,18H,2,7-8,11,13H2,1H3,(H2,23,25,26)/b4-3-,10-5+/t18-/m0/s1. The molecule has 2 N–H and O–H groups in total. The Morgan fingerprint density at radius 3 is 3.04 bits per heavy atom. The number of imidazole rings is 1. The molecule has 0 fully saturated rings. The fourth-order valence-electron chi connectivity index (χ4n) is 2.51. The predicted molar refractivity (Wildman–Crippen MR) is 115 cm³/mol. The van der Waals surface area contributed by atoms with Gasteiger partial charge in [-0.25, -0.2) is 9.98 Å². The SMILES string of the molecule is C=C(C(N)=NC(/C=C/C=C\C)=NCCCn1ccnc1)[C@@H]1C=C(Cl)C=CC1. The average Bonchev–Trinajstić information content (AvgIpc) is 3.18. The van der Waals surface area contributed by atoms with Gasteiger partial charge in [-0.1, -0.05) is 48.6 Å². The number of aromatic nitrogens is 2. The van der Waals surface area contributed by atoms with Gasteiger partial charge in [0.1, 0.15) is 11.7 Å². The molecule has 2 rings (SSSR count). The highest BCUT2D eigenvalue weighted by molar-refractivity contribution is 6.31. The van der Waals surface area contributed by atoms with E-state index in [0.717, 1.165) is 25.0 Å². The van der Waals surface area contributed by atoms with Crippen molar-refractivity contribution in [3.63, 3.8) is 0 Å². The predicted octanol–water partition coefficient (Wildman–Crippen LogP) is 4.42. The number of rotatable bonds is 8. The van der Waals surface area contributed by atoms with E-state index in [-0.39, 0.29) is 5.92 Å². The molecule has 1 aromatic heterocycles. The summed E-state index contributed by atoms with van der Waals surface area (Å²) >= 11 is 6.08. The second kappa shape index (κ2) is 11.1. The van der Waals surface area contributed by atoms with Gasteiger partial charge in [0.15, 0.2) is 0 Å². The van der Waals surface area contributed by atoms with Crippen molar-refractivity contribution in [1.29, 1.82) is 0 Å². The van der Waals surface area contributed by atoms with Crippen LogP contribution in [0.5, 0.6) is 0 Å². The van der Waals surface area contributed by atoms with Gasteiger partial charge in [0.05, 0.1) is 6.33 Å². The summed E-state index contributed by atoms with van der Waals surface area (Å²) in [6, 6.07) is 0. The minimum Gasteiger partial charge on any atom is -0.383 e. The maximum atomic E-state index is 6.19. The number of aryl methyl sites for hydroxylation is 1. The molecular formula is C21H26ClN5. The van der Waals surface area contributed by atoms with Gasteiger partial charge in [-0.15, -0.1) is 0 Å². The molecular weight excluding hydrogens is 358 g/mol. The van der Waals surface area contributed by atoms with Gasteiger partial charge < -0.3 is 10.3 Å². The summed E-state index contributed by atoms with van der Waals surface area (Å²) in [5.74, 6) is 1.03. The lowest BCUT2D eigenvalue weighted by atomic mass is 9.92. The molecule has 6 heteroatoms. The van der Waals surface area contributed by atoms with E-state index in [1.165, 1.54) is 0 Å². The quantitative estimate of drug-likeness (QED) is 0.312. The van der Waals surface area contributed by atoms with Crippen LogP contribution in [-0.4, -0.2) is 27.8 Å². The molecule has 1 aromatic rings. The zero-order valence-corrected chi connectivity index (χ0v) is 16.4. The molecule has 0 unspecified atom stereocenters. The van der Waals surface area contributed by atoms with E-state index in [9.17, 15) is 0 Å². The second-order valence-corrected chi connectivity index (χ2v) is 6.53. The van der Waals surface area contributed by atoms with Gasteiger partial charge in [0.2, 0.25) is 0 Å². The fraction of sp³-hybridized carbons (Fsp3) is 0.286. The van der Waals surface area contributed by atoms with Crippen LogP contribution in [0.4, 0.5) is 0 Å². The first kappa shape index (κ1) is 20.6. The van der Waals surface area contributed by atoms with Gasteiger partial charge in [-0.3, -0.25) is 4.99 Å². The molecule has 0 bridgehead atoms. The molecule has 1 heterocycles. The Morgan fingerprint density at radius 2 is 2.33 bits per heavy atom. The first-order valence-electron chi connectivity index (χ1n) is 8.97. The van der Waals surface area contributed by atoms with Crippen LogP contribution in [0.1, 0.15) is 19.8 Å². The molecule has 0 saturated carbocycles. The number of hydrogen-bond acceptors (Lipinski definition) is 2.